The van der Waals surface area contributed by atoms with Gasteiger partial charge in [0.05, 0.1) is 0 Å². The van der Waals surface area contributed by atoms with Gasteiger partial charge in [0.25, 0.3) is 0 Å². The summed E-state index contributed by atoms with van der Waals surface area (Å²) in [5, 5.41) is 0. The van der Waals surface area contributed by atoms with Crippen LogP contribution in [-0.2, 0) is 0 Å². The molecule has 0 unspecified atom stereocenters. The number of hydrogen-bond acceptors (Lipinski definition) is 0. The van der Waals surface area contributed by atoms with E-state index in [0.29, 0.717) is 5.41 Å². The van der Waals surface area contributed by atoms with Crippen LogP contribution in [0.3, 0.4) is 0 Å². The fraction of sp³-hybridized carbons (Fsp3) is 0.625. The van der Waals surface area contributed by atoms with Crippen LogP contribution in [0.25, 0.3) is 0 Å². The van der Waals surface area contributed by atoms with E-state index in [0.717, 1.165) is 0 Å². The van der Waals surface area contributed by atoms with Gasteiger partial charge >= 0.3 is 0 Å². The Hall–Kier alpha value is -0.260. The van der Waals surface area contributed by atoms with Crippen LogP contribution in [0.5, 0.6) is 0 Å². The molecule has 0 aliphatic heterocycles. The summed E-state index contributed by atoms with van der Waals surface area (Å²) in [5.41, 5.74) is 0.467. The van der Waals surface area contributed by atoms with E-state index in [1.54, 1.807) is 0 Å². The highest BCUT2D eigenvalue weighted by Crippen LogP contribution is 2.28. The zero-order chi connectivity index (χ0) is 6.04. The lowest BCUT2D eigenvalue weighted by atomic mass is 9.83. The van der Waals surface area contributed by atoms with Gasteiger partial charge in [-0.15, -0.1) is 0 Å². The highest BCUT2D eigenvalue weighted by Gasteiger charge is 2.14. The van der Waals surface area contributed by atoms with Crippen LogP contribution >= 0.6 is 0 Å². The second-order valence-corrected chi connectivity index (χ2v) is 3.12. The molecule has 0 heterocycles. The highest BCUT2D eigenvalue weighted by atomic mass is 14.2. The van der Waals surface area contributed by atoms with Gasteiger partial charge in [0.1, 0.15) is 0 Å². The van der Waals surface area contributed by atoms with Crippen molar-refractivity contribution in [2.45, 2.75) is 26.7 Å². The Morgan fingerprint density at radius 1 is 1.38 bits per heavy atom. The first-order valence-corrected chi connectivity index (χ1v) is 3.22. The SMILES string of the molecule is CC1(C)C=C[CH]CC1. The van der Waals surface area contributed by atoms with Crippen LogP contribution in [0.2, 0.25) is 0 Å². The van der Waals surface area contributed by atoms with Crippen molar-refractivity contribution in [3.8, 4) is 0 Å². The van der Waals surface area contributed by atoms with Gasteiger partial charge in [-0.25, -0.2) is 0 Å². The Balaban J connectivity index is 2.56. The summed E-state index contributed by atoms with van der Waals surface area (Å²) in [6, 6.07) is 0. The third-order valence-electron chi connectivity index (χ3n) is 1.64. The topological polar surface area (TPSA) is 0 Å². The minimum atomic E-state index is 0.467. The second kappa shape index (κ2) is 1.93. The van der Waals surface area contributed by atoms with E-state index in [-0.39, 0.29) is 0 Å². The van der Waals surface area contributed by atoms with Crippen molar-refractivity contribution in [2.75, 3.05) is 0 Å². The van der Waals surface area contributed by atoms with Crippen LogP contribution in [-0.4, -0.2) is 0 Å². The molecular weight excluding hydrogens is 96.1 g/mol. The minimum absolute atomic E-state index is 0.467. The van der Waals surface area contributed by atoms with Crippen LogP contribution in [0.1, 0.15) is 26.7 Å². The van der Waals surface area contributed by atoms with E-state index < -0.39 is 0 Å². The van der Waals surface area contributed by atoms with Gasteiger partial charge < -0.3 is 0 Å². The van der Waals surface area contributed by atoms with Crippen molar-refractivity contribution in [2.24, 2.45) is 5.41 Å². The number of allylic oxidation sites excluding steroid dienone is 2. The molecule has 0 atom stereocenters. The molecule has 0 aromatic heterocycles. The second-order valence-electron chi connectivity index (χ2n) is 3.12. The first-order valence-electron chi connectivity index (χ1n) is 3.22. The molecule has 0 aromatic rings. The maximum atomic E-state index is 2.27. The third kappa shape index (κ3) is 1.36. The molecule has 0 heteroatoms. The molecule has 1 aliphatic rings. The Kier molecular flexibility index (Phi) is 1.41. The monoisotopic (exact) mass is 109 g/mol. The molecule has 0 nitrogen and oxygen atoms in total. The van der Waals surface area contributed by atoms with Crippen molar-refractivity contribution in [3.63, 3.8) is 0 Å². The molecular formula is C8H13. The minimum Gasteiger partial charge on any atom is -0.0843 e. The van der Waals surface area contributed by atoms with Gasteiger partial charge in [0, 0.05) is 0 Å². The molecule has 1 aliphatic carbocycles. The molecule has 0 saturated carbocycles. The summed E-state index contributed by atoms with van der Waals surface area (Å²) in [6.07, 6.45) is 9.23. The Morgan fingerprint density at radius 3 is 2.38 bits per heavy atom. The lowest BCUT2D eigenvalue weighted by Crippen LogP contribution is -2.09. The Labute approximate surface area is 51.6 Å². The fourth-order valence-corrected chi connectivity index (χ4v) is 0.963. The maximum Gasteiger partial charge on any atom is -0.0170 e. The zero-order valence-electron chi connectivity index (χ0n) is 5.65. The van der Waals surface area contributed by atoms with E-state index in [2.05, 4.69) is 32.4 Å². The maximum absolute atomic E-state index is 2.27. The molecule has 8 heavy (non-hydrogen) atoms. The fourth-order valence-electron chi connectivity index (χ4n) is 0.963. The van der Waals surface area contributed by atoms with Gasteiger partial charge in [0.15, 0.2) is 0 Å². The van der Waals surface area contributed by atoms with Crippen molar-refractivity contribution < 1.29 is 0 Å². The average molecular weight is 109 g/mol. The van der Waals surface area contributed by atoms with Gasteiger partial charge in [-0.05, 0) is 24.7 Å². The Bertz CT molecular complexity index is 98.6. The van der Waals surface area contributed by atoms with Crippen LogP contribution in [0.15, 0.2) is 12.2 Å². The average Bonchev–Trinajstić information content (AvgIpc) is 1.65. The molecule has 1 radical (unpaired) electrons. The molecule has 45 valence electrons. The molecule has 0 fully saturated rings. The summed E-state index contributed by atoms with van der Waals surface area (Å²) in [4.78, 5) is 0. The first-order chi connectivity index (χ1) is 3.71. The largest absolute Gasteiger partial charge is 0.0843 e. The molecule has 0 saturated heterocycles. The van der Waals surface area contributed by atoms with E-state index in [4.69, 9.17) is 0 Å². The summed E-state index contributed by atoms with van der Waals surface area (Å²) >= 11 is 0. The van der Waals surface area contributed by atoms with E-state index in [1.165, 1.54) is 12.8 Å². The zero-order valence-corrected chi connectivity index (χ0v) is 5.65. The summed E-state index contributed by atoms with van der Waals surface area (Å²) in [7, 11) is 0. The summed E-state index contributed by atoms with van der Waals surface area (Å²) in [6.45, 7) is 4.55. The standard InChI is InChI=1S/C8H13/c1-8(2)6-4-3-5-7-8/h3-4,6H,5,7H2,1-2H3. The highest BCUT2D eigenvalue weighted by molar-refractivity contribution is 5.06. The third-order valence-corrected chi connectivity index (χ3v) is 1.64. The number of rotatable bonds is 0. The van der Waals surface area contributed by atoms with Gasteiger partial charge in [-0.3, -0.25) is 0 Å². The van der Waals surface area contributed by atoms with E-state index in [9.17, 15) is 0 Å². The predicted molar refractivity (Wildman–Crippen MR) is 36.5 cm³/mol. The first kappa shape index (κ1) is 5.87. The van der Waals surface area contributed by atoms with Crippen molar-refractivity contribution in [1.82, 2.24) is 0 Å². The van der Waals surface area contributed by atoms with Gasteiger partial charge in [0.2, 0.25) is 0 Å². The van der Waals surface area contributed by atoms with Crippen LogP contribution in [0.4, 0.5) is 0 Å². The van der Waals surface area contributed by atoms with E-state index >= 15 is 0 Å². The Morgan fingerprint density at radius 2 is 2.12 bits per heavy atom. The quantitative estimate of drug-likeness (QED) is 0.448. The van der Waals surface area contributed by atoms with Gasteiger partial charge in [-0.1, -0.05) is 26.0 Å². The van der Waals surface area contributed by atoms with Crippen molar-refractivity contribution >= 4 is 0 Å². The molecule has 0 bridgehead atoms. The number of hydrogen-bond donors (Lipinski definition) is 0. The summed E-state index contributed by atoms with van der Waals surface area (Å²) in [5.74, 6) is 0. The lowest BCUT2D eigenvalue weighted by molar-refractivity contribution is 0.426. The molecule has 0 amide bonds. The van der Waals surface area contributed by atoms with Crippen molar-refractivity contribution in [1.29, 1.82) is 0 Å². The molecule has 0 spiro atoms. The molecule has 0 N–H and O–H groups in total. The van der Waals surface area contributed by atoms with Gasteiger partial charge in [-0.2, -0.15) is 0 Å². The molecule has 0 aromatic carbocycles. The normalized spacial score (nSPS) is 25.8. The van der Waals surface area contributed by atoms with Crippen LogP contribution < -0.4 is 0 Å². The predicted octanol–water partition coefficient (Wildman–Crippen LogP) is 2.57. The van der Waals surface area contributed by atoms with E-state index in [1.807, 2.05) is 0 Å². The molecule has 1 rings (SSSR count). The van der Waals surface area contributed by atoms with Crippen molar-refractivity contribution in [3.05, 3.63) is 18.6 Å². The lowest BCUT2D eigenvalue weighted by Gasteiger charge is -2.22. The summed E-state index contributed by atoms with van der Waals surface area (Å²) < 4.78 is 0. The smallest absolute Gasteiger partial charge is 0.0170 e. The van der Waals surface area contributed by atoms with Crippen LogP contribution in [0, 0.1) is 11.8 Å².